The van der Waals surface area contributed by atoms with Gasteiger partial charge in [0.05, 0.1) is 35.2 Å². The molecule has 3 rings (SSSR count). The van der Waals surface area contributed by atoms with Crippen LogP contribution < -0.4 is 5.14 Å². The summed E-state index contributed by atoms with van der Waals surface area (Å²) >= 11 is 0. The van der Waals surface area contributed by atoms with Crippen LogP contribution in [0, 0.1) is 17.0 Å². The van der Waals surface area contributed by atoms with E-state index in [0.29, 0.717) is 17.8 Å². The minimum Gasteiger partial charge on any atom is -0.375 e. The Morgan fingerprint density at radius 1 is 1.10 bits per heavy atom. The predicted octanol–water partition coefficient (Wildman–Crippen LogP) is 2.61. The second-order valence-corrected chi connectivity index (χ2v) is 8.36. The molecule has 0 saturated heterocycles. The first-order valence-corrected chi connectivity index (χ1v) is 10.9. The summed E-state index contributed by atoms with van der Waals surface area (Å²) in [6.07, 6.45) is 0.377. The molecule has 1 heterocycles. The molecule has 0 aliphatic carbocycles. The summed E-state index contributed by atoms with van der Waals surface area (Å²) in [5, 5.41) is 19.1. The molecule has 0 saturated carbocycles. The molecule has 31 heavy (non-hydrogen) atoms. The van der Waals surface area contributed by atoms with Crippen LogP contribution in [0.3, 0.4) is 0 Å². The standard InChI is InChI=1S/C20H22N4O6S/c1-15-3-5-16(6-4-15)20-13-17(14-29-11-2-12-30-24(25)26)22-23(20)18-7-9-19(10-8-18)31(21,27)28/h3-10,13H,2,11-12,14H2,1H3,(H2,21,27,28). The van der Waals surface area contributed by atoms with Crippen LogP contribution in [0.15, 0.2) is 59.5 Å². The Kier molecular flexibility index (Phi) is 7.00. The number of hydrogen-bond acceptors (Lipinski definition) is 7. The lowest BCUT2D eigenvalue weighted by Gasteiger charge is -2.09. The van der Waals surface area contributed by atoms with Gasteiger partial charge in [-0.1, -0.05) is 29.8 Å². The molecule has 1 aromatic heterocycles. The maximum atomic E-state index is 11.5. The molecule has 0 fully saturated rings. The number of rotatable bonds is 10. The van der Waals surface area contributed by atoms with Crippen molar-refractivity contribution in [1.82, 2.24) is 9.78 Å². The van der Waals surface area contributed by atoms with Gasteiger partial charge in [0.1, 0.15) is 0 Å². The van der Waals surface area contributed by atoms with Gasteiger partial charge in [-0.2, -0.15) is 5.10 Å². The van der Waals surface area contributed by atoms with Crippen LogP contribution in [0.1, 0.15) is 17.7 Å². The van der Waals surface area contributed by atoms with E-state index in [1.807, 2.05) is 37.3 Å². The number of aryl methyl sites for hydroxylation is 1. The van der Waals surface area contributed by atoms with Crippen molar-refractivity contribution in [2.75, 3.05) is 13.2 Å². The molecule has 0 amide bonds. The van der Waals surface area contributed by atoms with Crippen molar-refractivity contribution in [1.29, 1.82) is 0 Å². The molecule has 2 N–H and O–H groups in total. The van der Waals surface area contributed by atoms with E-state index in [9.17, 15) is 18.5 Å². The number of aromatic nitrogens is 2. The third-order valence-electron chi connectivity index (χ3n) is 4.40. The number of hydrogen-bond donors (Lipinski definition) is 1. The molecular weight excluding hydrogens is 424 g/mol. The Hall–Kier alpha value is -3.28. The quantitative estimate of drug-likeness (QED) is 0.287. The number of ether oxygens (including phenoxy) is 1. The largest absolute Gasteiger partial charge is 0.375 e. The predicted molar refractivity (Wildman–Crippen MR) is 112 cm³/mol. The molecule has 11 heteroatoms. The van der Waals surface area contributed by atoms with Gasteiger partial charge in [-0.15, -0.1) is 10.1 Å². The fourth-order valence-corrected chi connectivity index (χ4v) is 3.40. The summed E-state index contributed by atoms with van der Waals surface area (Å²) < 4.78 is 30.3. The van der Waals surface area contributed by atoms with Crippen LogP contribution in [0.4, 0.5) is 0 Å². The highest BCUT2D eigenvalue weighted by Crippen LogP contribution is 2.25. The van der Waals surface area contributed by atoms with Gasteiger partial charge in [-0.3, -0.25) is 0 Å². The molecule has 164 valence electrons. The maximum Gasteiger partial charge on any atom is 0.294 e. The summed E-state index contributed by atoms with van der Waals surface area (Å²) in [4.78, 5) is 14.4. The topological polar surface area (TPSA) is 140 Å². The van der Waals surface area contributed by atoms with Gasteiger partial charge in [-0.05, 0) is 43.7 Å². The second kappa shape index (κ2) is 9.69. The van der Waals surface area contributed by atoms with Crippen LogP contribution in [0.2, 0.25) is 0 Å². The highest BCUT2D eigenvalue weighted by Gasteiger charge is 2.14. The van der Waals surface area contributed by atoms with E-state index in [1.54, 1.807) is 16.8 Å². The zero-order valence-electron chi connectivity index (χ0n) is 16.8. The van der Waals surface area contributed by atoms with Gasteiger partial charge in [0.2, 0.25) is 10.0 Å². The van der Waals surface area contributed by atoms with Crippen molar-refractivity contribution >= 4 is 10.0 Å². The Balaban J connectivity index is 1.83. The third kappa shape index (κ3) is 6.10. The fourth-order valence-electron chi connectivity index (χ4n) is 2.88. The summed E-state index contributed by atoms with van der Waals surface area (Å²) in [5.74, 6) is 0. The van der Waals surface area contributed by atoms with Crippen LogP contribution >= 0.6 is 0 Å². The van der Waals surface area contributed by atoms with Crippen LogP contribution in [0.25, 0.3) is 16.9 Å². The number of benzene rings is 2. The number of nitrogens with two attached hydrogens (primary N) is 1. The minimum atomic E-state index is -3.79. The van der Waals surface area contributed by atoms with Crippen LogP contribution in [-0.4, -0.2) is 36.5 Å². The molecule has 2 aromatic carbocycles. The van der Waals surface area contributed by atoms with Crippen molar-refractivity contribution in [2.45, 2.75) is 24.8 Å². The van der Waals surface area contributed by atoms with Crippen molar-refractivity contribution in [3.63, 3.8) is 0 Å². The summed E-state index contributed by atoms with van der Waals surface area (Å²) in [7, 11) is -3.79. The Morgan fingerprint density at radius 3 is 2.39 bits per heavy atom. The molecule has 0 unspecified atom stereocenters. The lowest BCUT2D eigenvalue weighted by molar-refractivity contribution is -0.757. The zero-order valence-corrected chi connectivity index (χ0v) is 17.6. The van der Waals surface area contributed by atoms with E-state index in [0.717, 1.165) is 16.8 Å². The van der Waals surface area contributed by atoms with Crippen molar-refractivity contribution in [3.8, 4) is 16.9 Å². The van der Waals surface area contributed by atoms with Crippen LogP contribution in [0.5, 0.6) is 0 Å². The lowest BCUT2D eigenvalue weighted by Crippen LogP contribution is -2.12. The van der Waals surface area contributed by atoms with E-state index >= 15 is 0 Å². The molecule has 0 aliphatic rings. The van der Waals surface area contributed by atoms with Gasteiger partial charge in [0.15, 0.2) is 0 Å². The van der Waals surface area contributed by atoms with Crippen molar-refractivity contribution in [3.05, 3.63) is 76.0 Å². The molecular formula is C20H22N4O6S. The minimum absolute atomic E-state index is 0.0146. The first kappa shape index (κ1) is 22.4. The molecule has 0 bridgehead atoms. The monoisotopic (exact) mass is 446 g/mol. The summed E-state index contributed by atoms with van der Waals surface area (Å²) in [6, 6.07) is 15.9. The fraction of sp³-hybridized carbons (Fsp3) is 0.250. The van der Waals surface area contributed by atoms with Gasteiger partial charge in [-0.25, -0.2) is 18.2 Å². The Morgan fingerprint density at radius 2 is 1.77 bits per heavy atom. The van der Waals surface area contributed by atoms with E-state index in [-0.39, 0.29) is 24.7 Å². The lowest BCUT2D eigenvalue weighted by atomic mass is 10.1. The SMILES string of the molecule is Cc1ccc(-c2cc(COCCCO[N+](=O)[O-])nn2-c2ccc(S(N)(=O)=O)cc2)cc1. The molecule has 0 aliphatic heterocycles. The van der Waals surface area contributed by atoms with E-state index in [4.69, 9.17) is 9.88 Å². The molecule has 3 aromatic rings. The Bertz CT molecular complexity index is 1140. The average molecular weight is 446 g/mol. The highest BCUT2D eigenvalue weighted by molar-refractivity contribution is 7.89. The number of sulfonamides is 1. The molecule has 0 atom stereocenters. The number of primary sulfonamides is 1. The zero-order chi connectivity index (χ0) is 22.4. The molecule has 10 nitrogen and oxygen atoms in total. The van der Waals surface area contributed by atoms with Gasteiger partial charge in [0, 0.05) is 12.2 Å². The highest BCUT2D eigenvalue weighted by atomic mass is 32.2. The van der Waals surface area contributed by atoms with E-state index < -0.39 is 15.1 Å². The van der Waals surface area contributed by atoms with E-state index in [1.165, 1.54) is 12.1 Å². The van der Waals surface area contributed by atoms with Gasteiger partial charge in [0.25, 0.3) is 5.09 Å². The van der Waals surface area contributed by atoms with E-state index in [2.05, 4.69) is 9.94 Å². The smallest absolute Gasteiger partial charge is 0.294 e. The van der Waals surface area contributed by atoms with Crippen molar-refractivity contribution in [2.24, 2.45) is 5.14 Å². The Labute approximate surface area is 179 Å². The third-order valence-corrected chi connectivity index (χ3v) is 5.33. The normalized spacial score (nSPS) is 11.4. The maximum absolute atomic E-state index is 11.5. The summed E-state index contributed by atoms with van der Waals surface area (Å²) in [6.45, 7) is 2.45. The van der Waals surface area contributed by atoms with Crippen molar-refractivity contribution < 1.29 is 23.1 Å². The first-order valence-electron chi connectivity index (χ1n) is 9.38. The molecule has 0 spiro atoms. The van der Waals surface area contributed by atoms with Crippen LogP contribution in [-0.2, 0) is 26.2 Å². The number of nitrogens with zero attached hydrogens (tertiary/aromatic N) is 3. The van der Waals surface area contributed by atoms with Gasteiger partial charge < -0.3 is 9.57 Å². The second-order valence-electron chi connectivity index (χ2n) is 6.80. The summed E-state index contributed by atoms with van der Waals surface area (Å²) in [5.41, 5.74) is 4.17. The molecule has 0 radical (unpaired) electrons. The first-order chi connectivity index (χ1) is 14.7. The van der Waals surface area contributed by atoms with Gasteiger partial charge >= 0.3 is 0 Å². The average Bonchev–Trinajstić information content (AvgIpc) is 3.14.